The molecule has 0 saturated carbocycles. The quantitative estimate of drug-likeness (QED) is 0.313. The molecule has 0 radical (unpaired) electrons. The van der Waals surface area contributed by atoms with Gasteiger partial charge in [-0.25, -0.2) is 0 Å². The van der Waals surface area contributed by atoms with E-state index in [2.05, 4.69) is 28.7 Å². The molecule has 1 fully saturated rings. The zero-order valence-corrected chi connectivity index (χ0v) is 14.9. The van der Waals surface area contributed by atoms with Crippen LogP contribution < -0.4 is 22.7 Å². The smallest absolute Gasteiger partial charge is 0.124 e. The fourth-order valence-electron chi connectivity index (χ4n) is 3.02. The van der Waals surface area contributed by atoms with Crippen molar-refractivity contribution >= 4 is 11.3 Å². The summed E-state index contributed by atoms with van der Waals surface area (Å²) in [4.78, 5) is 0. The van der Waals surface area contributed by atoms with Gasteiger partial charge in [0.1, 0.15) is 5.75 Å². The predicted octanol–water partition coefficient (Wildman–Crippen LogP) is 1.42. The number of hydrazine groups is 1. The summed E-state index contributed by atoms with van der Waals surface area (Å²) < 4.78 is 1.99. The molecule has 7 heteroatoms. The van der Waals surface area contributed by atoms with Gasteiger partial charge in [0.05, 0.1) is 6.20 Å². The Hall–Kier alpha value is -2.61. The summed E-state index contributed by atoms with van der Waals surface area (Å²) in [5.41, 5.74) is 8.93. The number of aromatic nitrogens is 2. The number of piperidine rings is 1. The van der Waals surface area contributed by atoms with E-state index in [1.54, 1.807) is 24.3 Å². The van der Waals surface area contributed by atoms with Gasteiger partial charge in [0.15, 0.2) is 0 Å². The number of phenolic OH excluding ortho intramolecular Hbond substituents is 1. The largest absolute Gasteiger partial charge is 0.507 e. The van der Waals surface area contributed by atoms with Crippen LogP contribution in [0.3, 0.4) is 0 Å². The zero-order chi connectivity index (χ0) is 18.9. The lowest BCUT2D eigenvalue weighted by atomic mass is 9.98. The number of para-hydroxylation sites is 1. The van der Waals surface area contributed by atoms with Gasteiger partial charge >= 0.3 is 0 Å². The lowest BCUT2D eigenvalue weighted by Crippen LogP contribution is -2.29. The topological polar surface area (TPSA) is 128 Å². The zero-order valence-electron chi connectivity index (χ0n) is 14.9. The number of allylic oxidation sites excluding steroid dienone is 2. The Kier molecular flexibility index (Phi) is 7.40. The molecule has 7 nitrogen and oxygen atoms in total. The van der Waals surface area contributed by atoms with Crippen LogP contribution in [0.4, 0.5) is 0 Å². The number of phenols is 1. The van der Waals surface area contributed by atoms with Gasteiger partial charge in [0.2, 0.25) is 0 Å². The summed E-state index contributed by atoms with van der Waals surface area (Å²) in [5, 5.41) is 17.7. The Morgan fingerprint density at radius 3 is 2.69 bits per heavy atom. The van der Waals surface area contributed by atoms with Gasteiger partial charge in [0.25, 0.3) is 0 Å². The number of hydrogen-bond acceptors (Lipinski definition) is 6. The second-order valence-electron chi connectivity index (χ2n) is 6.29. The number of nitrogens with zero attached hydrogens (tertiary/aromatic N) is 2. The molecular formula is C19H28N6O. The number of aromatic hydroxyl groups is 1. The van der Waals surface area contributed by atoms with Gasteiger partial charge < -0.3 is 16.2 Å². The van der Waals surface area contributed by atoms with Gasteiger partial charge in [-0.1, -0.05) is 18.7 Å². The molecular weight excluding hydrogens is 328 g/mol. The lowest BCUT2D eigenvalue weighted by Gasteiger charge is -2.22. The average molecular weight is 356 g/mol. The summed E-state index contributed by atoms with van der Waals surface area (Å²) in [7, 11) is 0. The molecule has 0 unspecified atom stereocenters. The minimum Gasteiger partial charge on any atom is -0.507 e. The van der Waals surface area contributed by atoms with Crippen LogP contribution in [0.15, 0.2) is 49.3 Å². The van der Waals surface area contributed by atoms with Crippen LogP contribution in [0, 0.1) is 5.92 Å². The first-order chi connectivity index (χ1) is 12.6. The third-order valence-electron chi connectivity index (χ3n) is 4.45. The molecule has 3 rings (SSSR count). The highest BCUT2D eigenvalue weighted by Crippen LogP contribution is 2.24. The minimum absolute atomic E-state index is 0.167. The number of hydrogen-bond donors (Lipinski definition) is 5. The summed E-state index contributed by atoms with van der Waals surface area (Å²) >= 11 is 0. The molecule has 0 spiro atoms. The van der Waals surface area contributed by atoms with Crippen molar-refractivity contribution in [3.05, 3.63) is 60.4 Å². The Morgan fingerprint density at radius 1 is 1.31 bits per heavy atom. The molecule has 2 heterocycles. The molecule has 1 aromatic heterocycles. The molecule has 1 aromatic carbocycles. The molecule has 8 N–H and O–H groups in total. The Morgan fingerprint density at radius 2 is 2.00 bits per heavy atom. The summed E-state index contributed by atoms with van der Waals surface area (Å²) in [6.45, 7) is 7.19. The molecule has 1 aliphatic heterocycles. The van der Waals surface area contributed by atoms with Crippen molar-refractivity contribution in [1.82, 2.24) is 15.1 Å². The molecule has 1 saturated heterocycles. The third-order valence-corrected chi connectivity index (χ3v) is 4.45. The molecule has 2 aromatic rings. The average Bonchev–Trinajstić information content (AvgIpc) is 3.13. The molecule has 0 bridgehead atoms. The van der Waals surface area contributed by atoms with Crippen molar-refractivity contribution < 1.29 is 5.11 Å². The Labute approximate surface area is 154 Å². The van der Waals surface area contributed by atoms with Gasteiger partial charge in [-0.2, -0.15) is 5.10 Å². The van der Waals surface area contributed by atoms with Crippen LogP contribution in [0.25, 0.3) is 11.3 Å². The Balaban J connectivity index is 0.00000117. The second kappa shape index (κ2) is 9.76. The minimum atomic E-state index is 0.167. The van der Waals surface area contributed by atoms with Gasteiger partial charge in [0, 0.05) is 29.6 Å². The molecule has 0 aliphatic carbocycles. The van der Waals surface area contributed by atoms with Crippen LogP contribution in [0.1, 0.15) is 24.0 Å². The van der Waals surface area contributed by atoms with Gasteiger partial charge in [-0.05, 0) is 55.6 Å². The Bertz CT molecular complexity index is 746. The van der Waals surface area contributed by atoms with Crippen LogP contribution >= 0.6 is 0 Å². The first-order valence-electron chi connectivity index (χ1n) is 8.65. The van der Waals surface area contributed by atoms with Crippen molar-refractivity contribution in [1.29, 1.82) is 0 Å². The van der Waals surface area contributed by atoms with Crippen molar-refractivity contribution in [2.45, 2.75) is 19.4 Å². The van der Waals surface area contributed by atoms with E-state index in [1.807, 2.05) is 23.1 Å². The van der Waals surface area contributed by atoms with Crippen LogP contribution in [-0.4, -0.2) is 28.0 Å². The maximum absolute atomic E-state index is 9.88. The maximum Gasteiger partial charge on any atom is 0.124 e. The van der Waals surface area contributed by atoms with E-state index in [0.29, 0.717) is 17.2 Å². The fourth-order valence-corrected chi connectivity index (χ4v) is 3.02. The molecule has 0 atom stereocenters. The highest BCUT2D eigenvalue weighted by Gasteiger charge is 2.14. The predicted molar refractivity (Wildman–Crippen MR) is 106 cm³/mol. The van der Waals surface area contributed by atoms with E-state index < -0.39 is 0 Å². The van der Waals surface area contributed by atoms with Crippen molar-refractivity contribution in [2.24, 2.45) is 23.3 Å². The number of rotatable bonds is 5. The maximum atomic E-state index is 9.88. The van der Waals surface area contributed by atoms with Crippen molar-refractivity contribution in [2.75, 3.05) is 13.1 Å². The monoisotopic (exact) mass is 356 g/mol. The molecule has 1 aliphatic rings. The van der Waals surface area contributed by atoms with Crippen molar-refractivity contribution in [3.63, 3.8) is 0 Å². The summed E-state index contributed by atoms with van der Waals surface area (Å²) in [5.74, 6) is 8.84. The number of benzene rings is 1. The first-order valence-corrected chi connectivity index (χ1v) is 8.65. The van der Waals surface area contributed by atoms with Gasteiger partial charge in [-0.3, -0.25) is 16.4 Å². The normalized spacial score (nSPS) is 15.2. The second-order valence-corrected chi connectivity index (χ2v) is 6.29. The fraction of sp³-hybridized carbons (Fsp3) is 0.316. The highest BCUT2D eigenvalue weighted by atomic mass is 16.3. The third kappa shape index (κ3) is 5.19. The number of nitrogens with two attached hydrogens (primary N) is 3. The lowest BCUT2D eigenvalue weighted by molar-refractivity contribution is 0.321. The summed E-state index contributed by atoms with van der Waals surface area (Å²) in [6, 6.07) is 7.02. The van der Waals surface area contributed by atoms with Crippen LogP contribution in [0.2, 0.25) is 0 Å². The van der Waals surface area contributed by atoms with Crippen LogP contribution in [-0.2, 0) is 6.54 Å². The van der Waals surface area contributed by atoms with E-state index in [1.165, 1.54) is 12.8 Å². The first kappa shape index (κ1) is 19.7. The van der Waals surface area contributed by atoms with E-state index in [-0.39, 0.29) is 5.75 Å². The van der Waals surface area contributed by atoms with E-state index in [9.17, 15) is 5.11 Å². The van der Waals surface area contributed by atoms with Crippen molar-refractivity contribution in [3.8, 4) is 5.75 Å². The molecule has 26 heavy (non-hydrogen) atoms. The van der Waals surface area contributed by atoms with Crippen LogP contribution in [0.5, 0.6) is 5.75 Å². The van der Waals surface area contributed by atoms with Gasteiger partial charge in [-0.15, -0.1) is 0 Å². The molecule has 140 valence electrons. The molecule has 0 amide bonds. The summed E-state index contributed by atoms with van der Waals surface area (Å²) in [6.07, 6.45) is 7.99. The standard InChI is InChI=1S/C19H24N4O.H4N2/c1-14(10-18(20)17-4-2-3-5-19(17)24)16-11-22-23(13-16)12-15-6-8-21-9-7-15;1-2/h2-5,10-11,13,15,21,24H,1,6-9,12,20H2;1-2H2/b18-10-;. The SMILES string of the molecule is C=C(/C=C(\N)c1ccccc1O)c1cnn(CC2CCNCC2)c1.NN. The number of nitrogens with one attached hydrogen (secondary N) is 1. The van der Waals surface area contributed by atoms with E-state index >= 15 is 0 Å². The van der Waals surface area contributed by atoms with E-state index in [0.717, 1.165) is 30.8 Å². The van der Waals surface area contributed by atoms with E-state index in [4.69, 9.17) is 5.73 Å². The highest BCUT2D eigenvalue weighted by molar-refractivity contribution is 5.82.